The van der Waals surface area contributed by atoms with E-state index in [0.29, 0.717) is 5.19 Å². The highest BCUT2D eigenvalue weighted by atomic mass is 79.9. The third-order valence-corrected chi connectivity index (χ3v) is 4.13. The number of benzene rings is 1. The van der Waals surface area contributed by atoms with Gasteiger partial charge < -0.3 is 9.47 Å². The maximum absolute atomic E-state index is 5.79. The minimum atomic E-state index is 0.166. The summed E-state index contributed by atoms with van der Waals surface area (Å²) in [5.74, 6) is 1.72. The zero-order valence-electron chi connectivity index (χ0n) is 11.4. The molecule has 5 heteroatoms. The summed E-state index contributed by atoms with van der Waals surface area (Å²) in [4.78, 5) is 4.23. The van der Waals surface area contributed by atoms with Crippen molar-refractivity contribution in [2.24, 2.45) is 0 Å². The molecule has 0 atom stereocenters. The van der Waals surface area contributed by atoms with E-state index in [4.69, 9.17) is 9.47 Å². The summed E-state index contributed by atoms with van der Waals surface area (Å²) in [5.41, 5.74) is 2.17. The van der Waals surface area contributed by atoms with Crippen molar-refractivity contribution in [2.45, 2.75) is 33.8 Å². The van der Waals surface area contributed by atoms with Crippen LogP contribution in [0.3, 0.4) is 0 Å². The van der Waals surface area contributed by atoms with Gasteiger partial charge in [-0.3, -0.25) is 0 Å². The highest BCUT2D eigenvalue weighted by Crippen LogP contribution is 2.34. The third-order valence-electron chi connectivity index (χ3n) is 2.70. The Kier molecular flexibility index (Phi) is 4.47. The molecular formula is C14H16BrNO2S. The summed E-state index contributed by atoms with van der Waals surface area (Å²) in [6.07, 6.45) is 0.166. The molecule has 2 rings (SSSR count). The van der Waals surface area contributed by atoms with Crippen LogP contribution in [0.15, 0.2) is 22.1 Å². The van der Waals surface area contributed by atoms with E-state index in [1.807, 2.05) is 45.2 Å². The van der Waals surface area contributed by atoms with Crippen LogP contribution in [0, 0.1) is 13.8 Å². The zero-order valence-corrected chi connectivity index (χ0v) is 13.8. The van der Waals surface area contributed by atoms with E-state index in [1.54, 1.807) is 0 Å². The molecule has 0 aliphatic rings. The Morgan fingerprint density at radius 1 is 1.16 bits per heavy atom. The third kappa shape index (κ3) is 3.48. The summed E-state index contributed by atoms with van der Waals surface area (Å²) in [6.45, 7) is 8.11. The SMILES string of the molecule is Cc1c(Oc2nc(Br)cs2)ccc(OC(C)C)c1C. The van der Waals surface area contributed by atoms with Gasteiger partial charge >= 0.3 is 0 Å². The highest BCUT2D eigenvalue weighted by molar-refractivity contribution is 9.10. The Morgan fingerprint density at radius 3 is 2.37 bits per heavy atom. The monoisotopic (exact) mass is 341 g/mol. The van der Waals surface area contributed by atoms with Gasteiger partial charge in [-0.15, -0.1) is 0 Å². The molecule has 2 aromatic rings. The van der Waals surface area contributed by atoms with Crippen molar-refractivity contribution < 1.29 is 9.47 Å². The van der Waals surface area contributed by atoms with E-state index in [-0.39, 0.29) is 6.10 Å². The van der Waals surface area contributed by atoms with Crippen LogP contribution < -0.4 is 9.47 Å². The Bertz CT molecular complexity index is 581. The van der Waals surface area contributed by atoms with Gasteiger partial charge in [0.1, 0.15) is 16.1 Å². The van der Waals surface area contributed by atoms with E-state index in [9.17, 15) is 0 Å². The fourth-order valence-electron chi connectivity index (χ4n) is 1.64. The number of hydrogen-bond acceptors (Lipinski definition) is 4. The molecule has 0 bridgehead atoms. The first-order valence-electron chi connectivity index (χ1n) is 6.03. The first-order valence-corrected chi connectivity index (χ1v) is 7.70. The molecule has 0 aliphatic heterocycles. The van der Waals surface area contributed by atoms with Crippen LogP contribution in [-0.2, 0) is 0 Å². The maximum Gasteiger partial charge on any atom is 0.279 e. The van der Waals surface area contributed by atoms with Gasteiger partial charge in [0.25, 0.3) is 5.19 Å². The Labute approximate surface area is 125 Å². The predicted molar refractivity (Wildman–Crippen MR) is 81.6 cm³/mol. The number of aromatic nitrogens is 1. The van der Waals surface area contributed by atoms with Crippen molar-refractivity contribution in [1.29, 1.82) is 0 Å². The van der Waals surface area contributed by atoms with Gasteiger partial charge in [-0.1, -0.05) is 11.3 Å². The minimum absolute atomic E-state index is 0.166. The number of ether oxygens (including phenoxy) is 2. The second-order valence-electron chi connectivity index (χ2n) is 4.52. The molecule has 0 aliphatic carbocycles. The molecule has 0 fully saturated rings. The predicted octanol–water partition coefficient (Wildman–Crippen LogP) is 5.10. The normalized spacial score (nSPS) is 10.8. The molecule has 0 radical (unpaired) electrons. The van der Waals surface area contributed by atoms with E-state index in [0.717, 1.165) is 27.2 Å². The van der Waals surface area contributed by atoms with Crippen molar-refractivity contribution in [3.05, 3.63) is 33.2 Å². The summed E-state index contributed by atoms with van der Waals surface area (Å²) in [6, 6.07) is 3.87. The van der Waals surface area contributed by atoms with Crippen LogP contribution in [0.25, 0.3) is 0 Å². The Morgan fingerprint density at radius 2 is 1.79 bits per heavy atom. The zero-order chi connectivity index (χ0) is 14.0. The Balaban J connectivity index is 2.25. The first-order chi connectivity index (χ1) is 8.97. The van der Waals surface area contributed by atoms with Crippen molar-refractivity contribution in [2.75, 3.05) is 0 Å². The van der Waals surface area contributed by atoms with Crippen LogP contribution in [0.1, 0.15) is 25.0 Å². The molecule has 0 amide bonds. The average molecular weight is 342 g/mol. The van der Waals surface area contributed by atoms with Crippen molar-refractivity contribution >= 4 is 27.3 Å². The maximum atomic E-state index is 5.79. The fourth-order valence-corrected chi connectivity index (χ4v) is 2.74. The molecule has 0 saturated carbocycles. The molecule has 0 saturated heterocycles. The second-order valence-corrected chi connectivity index (χ2v) is 6.15. The lowest BCUT2D eigenvalue weighted by atomic mass is 10.1. The van der Waals surface area contributed by atoms with Gasteiger partial charge in [-0.05, 0) is 66.9 Å². The first kappa shape index (κ1) is 14.3. The number of hydrogen-bond donors (Lipinski definition) is 0. The number of halogens is 1. The van der Waals surface area contributed by atoms with E-state index >= 15 is 0 Å². The van der Waals surface area contributed by atoms with Gasteiger partial charge in [0.15, 0.2) is 0 Å². The summed E-state index contributed by atoms with van der Waals surface area (Å²) < 4.78 is 12.3. The largest absolute Gasteiger partial charge is 0.491 e. The summed E-state index contributed by atoms with van der Waals surface area (Å²) >= 11 is 4.78. The molecule has 0 unspecified atom stereocenters. The lowest BCUT2D eigenvalue weighted by Crippen LogP contribution is -2.07. The lowest BCUT2D eigenvalue weighted by Gasteiger charge is -2.16. The molecule has 1 heterocycles. The van der Waals surface area contributed by atoms with Crippen LogP contribution in [0.2, 0.25) is 0 Å². The molecule has 19 heavy (non-hydrogen) atoms. The van der Waals surface area contributed by atoms with Gasteiger partial charge in [-0.2, -0.15) is 4.98 Å². The van der Waals surface area contributed by atoms with Crippen LogP contribution in [-0.4, -0.2) is 11.1 Å². The summed E-state index contributed by atoms with van der Waals surface area (Å²) in [7, 11) is 0. The second kappa shape index (κ2) is 5.92. The van der Waals surface area contributed by atoms with Gasteiger partial charge in [0.05, 0.1) is 6.10 Å². The number of nitrogens with zero attached hydrogens (tertiary/aromatic N) is 1. The van der Waals surface area contributed by atoms with Crippen molar-refractivity contribution in [3.63, 3.8) is 0 Å². The quantitative estimate of drug-likeness (QED) is 0.774. The standard InChI is InChI=1S/C14H16BrNO2S/c1-8(2)17-11-5-6-12(10(4)9(11)3)18-14-16-13(15)7-19-14/h5-8H,1-4H3. The summed E-state index contributed by atoms with van der Waals surface area (Å²) in [5, 5.41) is 2.53. The topological polar surface area (TPSA) is 31.4 Å². The number of thiazole rings is 1. The Hall–Kier alpha value is -1.07. The van der Waals surface area contributed by atoms with E-state index < -0.39 is 0 Å². The lowest BCUT2D eigenvalue weighted by molar-refractivity contribution is 0.240. The van der Waals surface area contributed by atoms with Crippen LogP contribution >= 0.6 is 27.3 Å². The van der Waals surface area contributed by atoms with E-state index in [2.05, 4.69) is 20.9 Å². The molecule has 1 aromatic heterocycles. The fraction of sp³-hybridized carbons (Fsp3) is 0.357. The minimum Gasteiger partial charge on any atom is -0.491 e. The van der Waals surface area contributed by atoms with Crippen molar-refractivity contribution in [3.8, 4) is 16.7 Å². The van der Waals surface area contributed by atoms with Crippen molar-refractivity contribution in [1.82, 2.24) is 4.98 Å². The van der Waals surface area contributed by atoms with Gasteiger partial charge in [-0.25, -0.2) is 0 Å². The smallest absolute Gasteiger partial charge is 0.279 e. The number of rotatable bonds is 4. The molecule has 0 spiro atoms. The molecular weight excluding hydrogens is 326 g/mol. The van der Waals surface area contributed by atoms with Crippen LogP contribution in [0.5, 0.6) is 16.7 Å². The van der Waals surface area contributed by atoms with E-state index in [1.165, 1.54) is 11.3 Å². The molecule has 102 valence electrons. The van der Waals surface area contributed by atoms with Crippen LogP contribution in [0.4, 0.5) is 0 Å². The average Bonchev–Trinajstić information content (AvgIpc) is 2.74. The van der Waals surface area contributed by atoms with Gasteiger partial charge in [0.2, 0.25) is 0 Å². The molecule has 0 N–H and O–H groups in total. The van der Waals surface area contributed by atoms with Gasteiger partial charge in [0, 0.05) is 5.38 Å². The molecule has 1 aromatic carbocycles. The highest BCUT2D eigenvalue weighted by Gasteiger charge is 2.11. The molecule has 3 nitrogen and oxygen atoms in total.